The molecule has 0 radical (unpaired) electrons. The van der Waals surface area contributed by atoms with Crippen LogP contribution in [0, 0.1) is 24.0 Å². The quantitative estimate of drug-likeness (QED) is 0.640. The van der Waals surface area contributed by atoms with Crippen LogP contribution in [-0.2, 0) is 9.53 Å². The molecule has 1 aromatic rings. The van der Waals surface area contributed by atoms with E-state index in [9.17, 15) is 18.4 Å². The van der Waals surface area contributed by atoms with Gasteiger partial charge in [0.2, 0.25) is 0 Å². The van der Waals surface area contributed by atoms with Crippen molar-refractivity contribution in [1.82, 2.24) is 5.32 Å². The monoisotopic (exact) mass is 253 g/mol. The van der Waals surface area contributed by atoms with Gasteiger partial charge in [-0.3, -0.25) is 4.79 Å². The molecule has 0 unspecified atom stereocenters. The molecule has 0 aliphatic rings. The van der Waals surface area contributed by atoms with Crippen LogP contribution >= 0.6 is 0 Å². The number of terminal acetylenes is 1. The predicted octanol–water partition coefficient (Wildman–Crippen LogP) is 0.871. The Bertz CT molecular complexity index is 509. The first-order valence-corrected chi connectivity index (χ1v) is 4.87. The SMILES string of the molecule is C#CCNC(=O)COC(=O)c1ccc(F)cc1F. The van der Waals surface area contributed by atoms with E-state index in [0.29, 0.717) is 6.07 Å². The number of ether oxygens (including phenoxy) is 1. The summed E-state index contributed by atoms with van der Waals surface area (Å²) in [5.41, 5.74) is -0.443. The number of halogens is 2. The van der Waals surface area contributed by atoms with E-state index in [1.807, 2.05) is 0 Å². The van der Waals surface area contributed by atoms with Gasteiger partial charge in [0.25, 0.3) is 5.91 Å². The summed E-state index contributed by atoms with van der Waals surface area (Å²) in [7, 11) is 0. The number of carbonyl (C=O) groups is 2. The molecule has 0 heterocycles. The molecule has 0 aromatic heterocycles. The van der Waals surface area contributed by atoms with E-state index in [-0.39, 0.29) is 6.54 Å². The number of carbonyl (C=O) groups excluding carboxylic acids is 2. The van der Waals surface area contributed by atoms with Gasteiger partial charge in [-0.2, -0.15) is 0 Å². The maximum Gasteiger partial charge on any atom is 0.341 e. The van der Waals surface area contributed by atoms with Gasteiger partial charge in [-0.15, -0.1) is 6.42 Å². The second-order valence-corrected chi connectivity index (χ2v) is 3.18. The van der Waals surface area contributed by atoms with Crippen LogP contribution in [0.3, 0.4) is 0 Å². The lowest BCUT2D eigenvalue weighted by Gasteiger charge is -2.05. The molecular formula is C12H9F2NO3. The molecule has 1 aromatic carbocycles. The molecule has 1 N–H and O–H groups in total. The first-order chi connectivity index (χ1) is 8.54. The Morgan fingerprint density at radius 3 is 2.72 bits per heavy atom. The molecule has 0 saturated heterocycles. The number of amides is 1. The van der Waals surface area contributed by atoms with E-state index in [0.717, 1.165) is 12.1 Å². The van der Waals surface area contributed by atoms with Crippen LogP contribution in [-0.4, -0.2) is 25.0 Å². The topological polar surface area (TPSA) is 55.4 Å². The summed E-state index contributed by atoms with van der Waals surface area (Å²) in [5.74, 6) is -1.36. The third kappa shape index (κ3) is 3.87. The molecule has 0 bridgehead atoms. The Labute approximate surface area is 102 Å². The summed E-state index contributed by atoms with van der Waals surface area (Å²) in [6.45, 7) is -0.585. The third-order valence-corrected chi connectivity index (χ3v) is 1.87. The second-order valence-electron chi connectivity index (χ2n) is 3.18. The average Bonchev–Trinajstić information content (AvgIpc) is 2.33. The minimum absolute atomic E-state index is 0.00128. The fourth-order valence-corrected chi connectivity index (χ4v) is 1.06. The number of hydrogen-bond donors (Lipinski definition) is 1. The van der Waals surface area contributed by atoms with Crippen LogP contribution in [0.15, 0.2) is 18.2 Å². The summed E-state index contributed by atoms with van der Waals surface area (Å²) in [6, 6.07) is 2.40. The van der Waals surface area contributed by atoms with Gasteiger partial charge in [-0.1, -0.05) is 5.92 Å². The Balaban J connectivity index is 2.56. The van der Waals surface area contributed by atoms with Gasteiger partial charge in [-0.25, -0.2) is 13.6 Å². The van der Waals surface area contributed by atoms with Gasteiger partial charge in [0.05, 0.1) is 12.1 Å². The lowest BCUT2D eigenvalue weighted by atomic mass is 10.2. The Morgan fingerprint density at radius 2 is 2.11 bits per heavy atom. The summed E-state index contributed by atoms with van der Waals surface area (Å²) in [6.07, 6.45) is 4.90. The highest BCUT2D eigenvalue weighted by atomic mass is 19.1. The van der Waals surface area contributed by atoms with Crippen molar-refractivity contribution in [2.75, 3.05) is 13.2 Å². The number of nitrogens with one attached hydrogen (secondary N) is 1. The van der Waals surface area contributed by atoms with Crippen molar-refractivity contribution in [3.8, 4) is 12.3 Å². The first kappa shape index (κ1) is 13.6. The van der Waals surface area contributed by atoms with E-state index in [1.54, 1.807) is 0 Å². The van der Waals surface area contributed by atoms with Gasteiger partial charge in [-0.05, 0) is 12.1 Å². The van der Waals surface area contributed by atoms with E-state index in [1.165, 1.54) is 0 Å². The van der Waals surface area contributed by atoms with E-state index < -0.39 is 35.7 Å². The highest BCUT2D eigenvalue weighted by molar-refractivity contribution is 5.91. The van der Waals surface area contributed by atoms with Gasteiger partial charge < -0.3 is 10.1 Å². The van der Waals surface area contributed by atoms with Gasteiger partial charge in [0.15, 0.2) is 6.61 Å². The van der Waals surface area contributed by atoms with Crippen molar-refractivity contribution in [1.29, 1.82) is 0 Å². The van der Waals surface area contributed by atoms with Crippen molar-refractivity contribution in [3.63, 3.8) is 0 Å². The summed E-state index contributed by atoms with van der Waals surface area (Å²) in [5, 5.41) is 2.26. The summed E-state index contributed by atoms with van der Waals surface area (Å²) in [4.78, 5) is 22.4. The second kappa shape index (κ2) is 6.35. The van der Waals surface area contributed by atoms with Gasteiger partial charge in [0.1, 0.15) is 11.6 Å². The maximum atomic E-state index is 13.2. The molecule has 0 spiro atoms. The average molecular weight is 253 g/mol. The van der Waals surface area contributed by atoms with Crippen LogP contribution in [0.4, 0.5) is 8.78 Å². The van der Waals surface area contributed by atoms with Crippen molar-refractivity contribution < 1.29 is 23.1 Å². The zero-order valence-electron chi connectivity index (χ0n) is 9.20. The van der Waals surface area contributed by atoms with Crippen LogP contribution < -0.4 is 5.32 Å². The fourth-order valence-electron chi connectivity index (χ4n) is 1.06. The molecule has 0 aliphatic heterocycles. The molecule has 1 amide bonds. The molecule has 0 saturated carbocycles. The van der Waals surface area contributed by atoms with Crippen molar-refractivity contribution >= 4 is 11.9 Å². The molecule has 4 nitrogen and oxygen atoms in total. The van der Waals surface area contributed by atoms with Crippen LogP contribution in [0.25, 0.3) is 0 Å². The van der Waals surface area contributed by atoms with Gasteiger partial charge >= 0.3 is 5.97 Å². The van der Waals surface area contributed by atoms with Crippen LogP contribution in [0.5, 0.6) is 0 Å². The van der Waals surface area contributed by atoms with E-state index in [4.69, 9.17) is 6.42 Å². The molecule has 6 heteroatoms. The molecule has 0 atom stereocenters. The van der Waals surface area contributed by atoms with Crippen molar-refractivity contribution in [2.45, 2.75) is 0 Å². The highest BCUT2D eigenvalue weighted by Crippen LogP contribution is 2.10. The standard InChI is InChI=1S/C12H9F2NO3/c1-2-5-15-11(16)7-18-12(17)9-4-3-8(13)6-10(9)14/h1,3-4,6H,5,7H2,(H,15,16). The molecule has 94 valence electrons. The maximum absolute atomic E-state index is 13.2. The lowest BCUT2D eigenvalue weighted by Crippen LogP contribution is -2.29. The molecular weight excluding hydrogens is 244 g/mol. The van der Waals surface area contributed by atoms with E-state index >= 15 is 0 Å². The smallest absolute Gasteiger partial charge is 0.341 e. The molecule has 0 aliphatic carbocycles. The Morgan fingerprint density at radius 1 is 1.39 bits per heavy atom. The van der Waals surface area contributed by atoms with Crippen LogP contribution in [0.1, 0.15) is 10.4 Å². The Hall–Kier alpha value is -2.42. The predicted molar refractivity (Wildman–Crippen MR) is 58.5 cm³/mol. The first-order valence-electron chi connectivity index (χ1n) is 4.87. The van der Waals surface area contributed by atoms with Gasteiger partial charge in [0, 0.05) is 6.07 Å². The van der Waals surface area contributed by atoms with Crippen molar-refractivity contribution in [2.24, 2.45) is 0 Å². The van der Waals surface area contributed by atoms with E-state index in [2.05, 4.69) is 16.0 Å². The third-order valence-electron chi connectivity index (χ3n) is 1.87. The largest absolute Gasteiger partial charge is 0.452 e. The number of benzene rings is 1. The molecule has 0 fully saturated rings. The summed E-state index contributed by atoms with van der Waals surface area (Å²) >= 11 is 0. The molecule has 1 rings (SSSR count). The van der Waals surface area contributed by atoms with Crippen LogP contribution in [0.2, 0.25) is 0 Å². The minimum atomic E-state index is -1.05. The normalized spacial score (nSPS) is 9.39. The number of rotatable bonds is 4. The molecule has 18 heavy (non-hydrogen) atoms. The lowest BCUT2D eigenvalue weighted by molar-refractivity contribution is -0.123. The Kier molecular flexibility index (Phi) is 4.81. The van der Waals surface area contributed by atoms with Crippen molar-refractivity contribution in [3.05, 3.63) is 35.4 Å². The minimum Gasteiger partial charge on any atom is -0.452 e. The summed E-state index contributed by atoms with van der Waals surface area (Å²) < 4.78 is 30.3. The number of hydrogen-bond acceptors (Lipinski definition) is 3. The fraction of sp³-hybridized carbons (Fsp3) is 0.167. The zero-order valence-corrected chi connectivity index (χ0v) is 9.20. The zero-order chi connectivity index (χ0) is 13.5. The highest BCUT2D eigenvalue weighted by Gasteiger charge is 2.15. The number of esters is 1.